The highest BCUT2D eigenvalue weighted by atomic mass is 16.2. The van der Waals surface area contributed by atoms with Crippen molar-refractivity contribution < 1.29 is 9.59 Å². The van der Waals surface area contributed by atoms with Crippen molar-refractivity contribution >= 4 is 12.3 Å². The standard InChI is InChI=1S/C7H12N2O2/c1-6(11)9-4-2-3-7(9)8-5-10/h5,7H,2-4H2,1H3,(H,8,10). The number of carbonyl (C=O) groups is 2. The van der Waals surface area contributed by atoms with Crippen LogP contribution in [0.15, 0.2) is 0 Å². The van der Waals surface area contributed by atoms with E-state index in [2.05, 4.69) is 5.32 Å². The first kappa shape index (κ1) is 8.04. The molecule has 2 amide bonds. The summed E-state index contributed by atoms with van der Waals surface area (Å²) >= 11 is 0. The van der Waals surface area contributed by atoms with E-state index >= 15 is 0 Å². The molecule has 0 radical (unpaired) electrons. The molecule has 1 heterocycles. The van der Waals surface area contributed by atoms with Crippen LogP contribution in [-0.2, 0) is 9.59 Å². The van der Waals surface area contributed by atoms with Gasteiger partial charge in [-0.2, -0.15) is 0 Å². The summed E-state index contributed by atoms with van der Waals surface area (Å²) in [5.74, 6) is 0.0295. The summed E-state index contributed by atoms with van der Waals surface area (Å²) in [5.41, 5.74) is 0. The second-order valence-electron chi connectivity index (χ2n) is 2.65. The Kier molecular flexibility index (Phi) is 2.46. The molecule has 1 aliphatic heterocycles. The van der Waals surface area contributed by atoms with E-state index in [1.807, 2.05) is 0 Å². The van der Waals surface area contributed by atoms with Gasteiger partial charge in [0.25, 0.3) is 0 Å². The molecule has 0 spiro atoms. The van der Waals surface area contributed by atoms with Crippen LogP contribution < -0.4 is 5.32 Å². The SMILES string of the molecule is CC(=O)N1CCCC1NC=O. The minimum absolute atomic E-state index is 0.0295. The third kappa shape index (κ3) is 1.69. The minimum Gasteiger partial charge on any atom is -0.338 e. The normalized spacial score (nSPS) is 23.4. The van der Waals surface area contributed by atoms with Crippen LogP contribution in [-0.4, -0.2) is 29.9 Å². The molecule has 1 aliphatic rings. The predicted octanol–water partition coefficient (Wildman–Crippen LogP) is -0.299. The highest BCUT2D eigenvalue weighted by Crippen LogP contribution is 2.13. The molecule has 0 aromatic heterocycles. The van der Waals surface area contributed by atoms with Crippen molar-refractivity contribution in [2.24, 2.45) is 0 Å². The highest BCUT2D eigenvalue weighted by Gasteiger charge is 2.25. The summed E-state index contributed by atoms with van der Waals surface area (Å²) in [6, 6.07) is 0. The Morgan fingerprint density at radius 1 is 1.73 bits per heavy atom. The minimum atomic E-state index is -0.0648. The Balaban J connectivity index is 2.50. The van der Waals surface area contributed by atoms with Crippen LogP contribution in [0.1, 0.15) is 19.8 Å². The van der Waals surface area contributed by atoms with Crippen molar-refractivity contribution in [3.63, 3.8) is 0 Å². The molecule has 0 saturated carbocycles. The van der Waals surface area contributed by atoms with E-state index in [9.17, 15) is 9.59 Å². The van der Waals surface area contributed by atoms with Gasteiger partial charge in [0.2, 0.25) is 12.3 Å². The molecule has 1 saturated heterocycles. The van der Waals surface area contributed by atoms with E-state index in [4.69, 9.17) is 0 Å². The lowest BCUT2D eigenvalue weighted by Gasteiger charge is -2.21. The number of amides is 2. The molecule has 4 nitrogen and oxygen atoms in total. The van der Waals surface area contributed by atoms with Crippen molar-refractivity contribution in [3.05, 3.63) is 0 Å². The number of carbonyl (C=O) groups excluding carboxylic acids is 2. The molecule has 1 N–H and O–H groups in total. The van der Waals surface area contributed by atoms with Crippen molar-refractivity contribution in [1.82, 2.24) is 10.2 Å². The molecular weight excluding hydrogens is 144 g/mol. The zero-order valence-electron chi connectivity index (χ0n) is 6.54. The maximum Gasteiger partial charge on any atom is 0.221 e. The van der Waals surface area contributed by atoms with E-state index in [1.54, 1.807) is 4.90 Å². The molecule has 1 atom stereocenters. The van der Waals surface area contributed by atoms with Gasteiger partial charge in [-0.3, -0.25) is 9.59 Å². The van der Waals surface area contributed by atoms with Crippen LogP contribution in [0, 0.1) is 0 Å². The summed E-state index contributed by atoms with van der Waals surface area (Å²) in [6.45, 7) is 2.28. The summed E-state index contributed by atoms with van der Waals surface area (Å²) in [5, 5.41) is 2.60. The first-order valence-electron chi connectivity index (χ1n) is 3.72. The predicted molar refractivity (Wildman–Crippen MR) is 39.6 cm³/mol. The van der Waals surface area contributed by atoms with Gasteiger partial charge in [0, 0.05) is 13.5 Å². The van der Waals surface area contributed by atoms with Crippen molar-refractivity contribution in [3.8, 4) is 0 Å². The number of likely N-dealkylation sites (tertiary alicyclic amines) is 1. The summed E-state index contributed by atoms with van der Waals surface area (Å²) in [6.07, 6.45) is 2.43. The van der Waals surface area contributed by atoms with Crippen LogP contribution in [0.4, 0.5) is 0 Å². The zero-order valence-corrected chi connectivity index (χ0v) is 6.54. The molecule has 0 aromatic carbocycles. The topological polar surface area (TPSA) is 49.4 Å². The second-order valence-corrected chi connectivity index (χ2v) is 2.65. The Morgan fingerprint density at radius 2 is 2.45 bits per heavy atom. The lowest BCUT2D eigenvalue weighted by atomic mass is 10.3. The van der Waals surface area contributed by atoms with E-state index < -0.39 is 0 Å². The number of hydrogen-bond donors (Lipinski definition) is 1. The molecule has 1 rings (SSSR count). The third-order valence-corrected chi connectivity index (χ3v) is 1.92. The largest absolute Gasteiger partial charge is 0.338 e. The maximum absolute atomic E-state index is 10.9. The van der Waals surface area contributed by atoms with Gasteiger partial charge in [-0.05, 0) is 12.8 Å². The van der Waals surface area contributed by atoms with Gasteiger partial charge < -0.3 is 10.2 Å². The van der Waals surface area contributed by atoms with Crippen LogP contribution in [0.2, 0.25) is 0 Å². The molecule has 1 fully saturated rings. The fourth-order valence-corrected chi connectivity index (χ4v) is 1.40. The molecule has 11 heavy (non-hydrogen) atoms. The summed E-state index contributed by atoms with van der Waals surface area (Å²) in [4.78, 5) is 22.7. The van der Waals surface area contributed by atoms with Crippen molar-refractivity contribution in [1.29, 1.82) is 0 Å². The Morgan fingerprint density at radius 3 is 3.00 bits per heavy atom. The van der Waals surface area contributed by atoms with Crippen molar-refractivity contribution in [2.45, 2.75) is 25.9 Å². The summed E-state index contributed by atoms with van der Waals surface area (Å²) < 4.78 is 0. The zero-order chi connectivity index (χ0) is 8.27. The quantitative estimate of drug-likeness (QED) is 0.558. The van der Waals surface area contributed by atoms with Crippen LogP contribution >= 0.6 is 0 Å². The first-order chi connectivity index (χ1) is 5.25. The van der Waals surface area contributed by atoms with Crippen molar-refractivity contribution in [2.75, 3.05) is 6.54 Å². The number of rotatable bonds is 2. The molecule has 0 bridgehead atoms. The lowest BCUT2D eigenvalue weighted by Crippen LogP contribution is -2.42. The average Bonchev–Trinajstić information content (AvgIpc) is 2.36. The number of nitrogens with zero attached hydrogens (tertiary/aromatic N) is 1. The second kappa shape index (κ2) is 3.37. The van der Waals surface area contributed by atoms with Crippen LogP contribution in [0.3, 0.4) is 0 Å². The first-order valence-corrected chi connectivity index (χ1v) is 3.72. The van der Waals surface area contributed by atoms with Crippen LogP contribution in [0.5, 0.6) is 0 Å². The Hall–Kier alpha value is -1.06. The van der Waals surface area contributed by atoms with E-state index in [-0.39, 0.29) is 12.1 Å². The van der Waals surface area contributed by atoms with E-state index in [0.29, 0.717) is 6.41 Å². The summed E-state index contributed by atoms with van der Waals surface area (Å²) in [7, 11) is 0. The Bertz CT molecular complexity index is 170. The van der Waals surface area contributed by atoms with Gasteiger partial charge in [-0.25, -0.2) is 0 Å². The fourth-order valence-electron chi connectivity index (χ4n) is 1.40. The Labute approximate surface area is 65.6 Å². The van der Waals surface area contributed by atoms with Crippen LogP contribution in [0.25, 0.3) is 0 Å². The van der Waals surface area contributed by atoms with Gasteiger partial charge in [-0.15, -0.1) is 0 Å². The fraction of sp³-hybridized carbons (Fsp3) is 0.714. The number of nitrogens with one attached hydrogen (secondary N) is 1. The molecule has 62 valence electrons. The third-order valence-electron chi connectivity index (χ3n) is 1.92. The number of hydrogen-bond acceptors (Lipinski definition) is 2. The monoisotopic (exact) mass is 156 g/mol. The van der Waals surface area contributed by atoms with E-state index in [1.165, 1.54) is 6.92 Å². The molecule has 1 unspecified atom stereocenters. The van der Waals surface area contributed by atoms with E-state index in [0.717, 1.165) is 19.4 Å². The lowest BCUT2D eigenvalue weighted by molar-refractivity contribution is -0.130. The molecular formula is C7H12N2O2. The maximum atomic E-state index is 10.9. The molecule has 0 aliphatic carbocycles. The van der Waals surface area contributed by atoms with Gasteiger partial charge in [0.05, 0.1) is 0 Å². The molecule has 4 heteroatoms. The average molecular weight is 156 g/mol. The highest BCUT2D eigenvalue weighted by molar-refractivity contribution is 5.74. The van der Waals surface area contributed by atoms with Gasteiger partial charge in [-0.1, -0.05) is 0 Å². The van der Waals surface area contributed by atoms with Gasteiger partial charge >= 0.3 is 0 Å². The smallest absolute Gasteiger partial charge is 0.221 e. The molecule has 0 aromatic rings. The van der Waals surface area contributed by atoms with Gasteiger partial charge in [0.1, 0.15) is 6.17 Å². The van der Waals surface area contributed by atoms with Gasteiger partial charge in [0.15, 0.2) is 0 Å².